The smallest absolute Gasteiger partial charge is 0.0141 e. The van der Waals surface area contributed by atoms with E-state index in [-0.39, 0.29) is 0 Å². The molecule has 2 unspecified atom stereocenters. The summed E-state index contributed by atoms with van der Waals surface area (Å²) in [5, 5.41) is 1.90. The Balaban J connectivity index is 2.20. The van der Waals surface area contributed by atoms with Gasteiger partial charge in [-0.05, 0) is 25.4 Å². The average molecular weight is 222 g/mol. The molecule has 0 saturated carbocycles. The van der Waals surface area contributed by atoms with Crippen molar-refractivity contribution in [2.24, 2.45) is 0 Å². The van der Waals surface area contributed by atoms with Gasteiger partial charge in [-0.1, -0.05) is 6.42 Å². The van der Waals surface area contributed by atoms with Crippen molar-refractivity contribution >= 4 is 35.3 Å². The Bertz CT molecular complexity index is 100. The van der Waals surface area contributed by atoms with E-state index in [2.05, 4.69) is 24.3 Å². The molecule has 3 heteroatoms. The minimum atomic E-state index is 0.950. The fourth-order valence-electron chi connectivity index (χ4n) is 1.60. The van der Waals surface area contributed by atoms with Gasteiger partial charge in [0, 0.05) is 22.0 Å². The van der Waals surface area contributed by atoms with E-state index in [1.807, 2.05) is 23.5 Å². The standard InChI is InChI=1S/C9H18S3/c1-10-6-8-4-3-5-9(12-8)7-11-2/h8-9H,3-7H2,1-2H3. The summed E-state index contributed by atoms with van der Waals surface area (Å²) in [5.41, 5.74) is 0. The van der Waals surface area contributed by atoms with Crippen LogP contribution in [0.1, 0.15) is 19.3 Å². The molecule has 0 spiro atoms. The topological polar surface area (TPSA) is 0 Å². The fraction of sp³-hybridized carbons (Fsp3) is 1.00. The quantitative estimate of drug-likeness (QED) is 0.716. The lowest BCUT2D eigenvalue weighted by Crippen LogP contribution is -2.21. The molecule has 1 rings (SSSR count). The average Bonchev–Trinajstić information content (AvgIpc) is 2.06. The van der Waals surface area contributed by atoms with E-state index < -0.39 is 0 Å². The van der Waals surface area contributed by atoms with Crippen molar-refractivity contribution < 1.29 is 0 Å². The molecular weight excluding hydrogens is 204 g/mol. The number of rotatable bonds is 4. The van der Waals surface area contributed by atoms with E-state index in [9.17, 15) is 0 Å². The van der Waals surface area contributed by atoms with Gasteiger partial charge in [0.15, 0.2) is 0 Å². The summed E-state index contributed by atoms with van der Waals surface area (Å²) in [4.78, 5) is 0. The van der Waals surface area contributed by atoms with Crippen LogP contribution in [0.5, 0.6) is 0 Å². The maximum atomic E-state index is 2.24. The highest BCUT2D eigenvalue weighted by Gasteiger charge is 2.21. The van der Waals surface area contributed by atoms with E-state index in [4.69, 9.17) is 0 Å². The van der Waals surface area contributed by atoms with Gasteiger partial charge in [0.2, 0.25) is 0 Å². The second kappa shape index (κ2) is 6.50. The summed E-state index contributed by atoms with van der Waals surface area (Å²) >= 11 is 6.24. The minimum Gasteiger partial charge on any atom is -0.164 e. The highest BCUT2D eigenvalue weighted by atomic mass is 32.2. The summed E-state index contributed by atoms with van der Waals surface area (Å²) in [5.74, 6) is 2.71. The van der Waals surface area contributed by atoms with Gasteiger partial charge in [0.05, 0.1) is 0 Å². The lowest BCUT2D eigenvalue weighted by molar-refractivity contribution is 0.648. The summed E-state index contributed by atoms with van der Waals surface area (Å²) in [7, 11) is 0. The van der Waals surface area contributed by atoms with E-state index in [1.54, 1.807) is 0 Å². The molecule has 1 saturated heterocycles. The molecule has 0 aliphatic carbocycles. The van der Waals surface area contributed by atoms with Crippen LogP contribution in [-0.2, 0) is 0 Å². The highest BCUT2D eigenvalue weighted by Crippen LogP contribution is 2.34. The molecule has 0 radical (unpaired) electrons. The van der Waals surface area contributed by atoms with Gasteiger partial charge in [-0.2, -0.15) is 35.3 Å². The van der Waals surface area contributed by atoms with Gasteiger partial charge in [0.25, 0.3) is 0 Å². The predicted molar refractivity (Wildman–Crippen MR) is 65.8 cm³/mol. The van der Waals surface area contributed by atoms with Crippen molar-refractivity contribution in [2.75, 3.05) is 24.0 Å². The molecule has 12 heavy (non-hydrogen) atoms. The van der Waals surface area contributed by atoms with Crippen LogP contribution in [0.2, 0.25) is 0 Å². The first-order chi connectivity index (χ1) is 5.86. The van der Waals surface area contributed by atoms with Crippen LogP contribution in [0, 0.1) is 0 Å². The third kappa shape index (κ3) is 3.84. The van der Waals surface area contributed by atoms with Crippen molar-refractivity contribution in [3.8, 4) is 0 Å². The highest BCUT2D eigenvalue weighted by molar-refractivity contribution is 8.05. The Morgan fingerprint density at radius 2 is 1.58 bits per heavy atom. The Morgan fingerprint density at radius 1 is 1.08 bits per heavy atom. The van der Waals surface area contributed by atoms with Crippen LogP contribution >= 0.6 is 35.3 Å². The largest absolute Gasteiger partial charge is 0.164 e. The summed E-state index contributed by atoms with van der Waals surface area (Å²) in [6, 6.07) is 0. The molecule has 0 bridgehead atoms. The first-order valence-electron chi connectivity index (χ1n) is 4.50. The summed E-state index contributed by atoms with van der Waals surface area (Å²) < 4.78 is 0. The SMILES string of the molecule is CSCC1CCCC(CSC)S1. The molecule has 0 nitrogen and oxygen atoms in total. The molecule has 72 valence electrons. The van der Waals surface area contributed by atoms with Crippen molar-refractivity contribution in [2.45, 2.75) is 29.8 Å². The van der Waals surface area contributed by atoms with Gasteiger partial charge in [-0.25, -0.2) is 0 Å². The van der Waals surface area contributed by atoms with Crippen LogP contribution in [-0.4, -0.2) is 34.5 Å². The van der Waals surface area contributed by atoms with E-state index >= 15 is 0 Å². The molecule has 1 heterocycles. The van der Waals surface area contributed by atoms with Gasteiger partial charge in [-0.3, -0.25) is 0 Å². The molecule has 1 fully saturated rings. The zero-order chi connectivity index (χ0) is 8.81. The first-order valence-corrected chi connectivity index (χ1v) is 8.23. The Labute approximate surface area is 89.0 Å². The lowest BCUT2D eigenvalue weighted by atomic mass is 10.1. The molecule has 0 aromatic heterocycles. The third-order valence-electron chi connectivity index (χ3n) is 2.14. The molecule has 0 aromatic rings. The van der Waals surface area contributed by atoms with Gasteiger partial charge < -0.3 is 0 Å². The molecule has 0 N–H and O–H groups in total. The number of thioether (sulfide) groups is 3. The summed E-state index contributed by atoms with van der Waals surface area (Å²) in [6.45, 7) is 0. The van der Waals surface area contributed by atoms with Crippen molar-refractivity contribution in [1.82, 2.24) is 0 Å². The zero-order valence-electron chi connectivity index (χ0n) is 7.91. The number of hydrogen-bond acceptors (Lipinski definition) is 3. The zero-order valence-corrected chi connectivity index (χ0v) is 10.4. The second-order valence-corrected chi connectivity index (χ2v) is 6.65. The Kier molecular flexibility index (Phi) is 6.02. The molecular formula is C9H18S3. The summed E-state index contributed by atoms with van der Waals surface area (Å²) in [6.07, 6.45) is 8.81. The Hall–Kier alpha value is 1.05. The van der Waals surface area contributed by atoms with E-state index in [0.29, 0.717) is 0 Å². The van der Waals surface area contributed by atoms with E-state index in [0.717, 1.165) is 10.5 Å². The normalized spacial score (nSPS) is 30.5. The molecule has 1 aliphatic rings. The lowest BCUT2D eigenvalue weighted by Gasteiger charge is -2.27. The maximum Gasteiger partial charge on any atom is 0.0141 e. The fourth-order valence-corrected chi connectivity index (χ4v) is 5.27. The van der Waals surface area contributed by atoms with Gasteiger partial charge >= 0.3 is 0 Å². The maximum absolute atomic E-state index is 2.24. The molecule has 0 amide bonds. The molecule has 2 atom stereocenters. The van der Waals surface area contributed by atoms with Gasteiger partial charge in [-0.15, -0.1) is 0 Å². The van der Waals surface area contributed by atoms with Crippen LogP contribution in [0.4, 0.5) is 0 Å². The van der Waals surface area contributed by atoms with Crippen LogP contribution in [0.15, 0.2) is 0 Å². The van der Waals surface area contributed by atoms with Crippen LogP contribution in [0.25, 0.3) is 0 Å². The van der Waals surface area contributed by atoms with Crippen molar-refractivity contribution in [3.63, 3.8) is 0 Å². The van der Waals surface area contributed by atoms with Gasteiger partial charge in [0.1, 0.15) is 0 Å². The molecule has 1 aliphatic heterocycles. The Morgan fingerprint density at radius 3 is 2.00 bits per heavy atom. The number of hydrogen-bond donors (Lipinski definition) is 0. The first kappa shape index (κ1) is 11.1. The van der Waals surface area contributed by atoms with Crippen LogP contribution < -0.4 is 0 Å². The predicted octanol–water partition coefficient (Wildman–Crippen LogP) is 3.37. The van der Waals surface area contributed by atoms with E-state index in [1.165, 1.54) is 30.8 Å². The van der Waals surface area contributed by atoms with Crippen LogP contribution in [0.3, 0.4) is 0 Å². The monoisotopic (exact) mass is 222 g/mol. The van der Waals surface area contributed by atoms with Crippen molar-refractivity contribution in [1.29, 1.82) is 0 Å². The second-order valence-electron chi connectivity index (χ2n) is 3.22. The third-order valence-corrected chi connectivity index (χ3v) is 5.61. The molecule has 0 aromatic carbocycles. The minimum absolute atomic E-state index is 0.950. The van der Waals surface area contributed by atoms with Crippen molar-refractivity contribution in [3.05, 3.63) is 0 Å².